The monoisotopic (exact) mass is 369 g/mol. The Balaban J connectivity index is 0.000000506. The Bertz CT molecular complexity index is 478. The van der Waals surface area contributed by atoms with Crippen molar-refractivity contribution in [2.45, 2.75) is 44.2 Å². The highest BCUT2D eigenvalue weighted by molar-refractivity contribution is 7.85. The fourth-order valence-electron chi connectivity index (χ4n) is 2.16. The van der Waals surface area contributed by atoms with Crippen molar-refractivity contribution in [1.29, 1.82) is 0 Å². The molecule has 10 nitrogen and oxygen atoms in total. The second-order valence-corrected chi connectivity index (χ2v) is 7.02. The van der Waals surface area contributed by atoms with Crippen LogP contribution >= 0.6 is 0 Å². The molecule has 0 bridgehead atoms. The van der Waals surface area contributed by atoms with Crippen molar-refractivity contribution in [2.75, 3.05) is 25.4 Å². The summed E-state index contributed by atoms with van der Waals surface area (Å²) >= 11 is 0. The summed E-state index contributed by atoms with van der Waals surface area (Å²) in [5.74, 6) is -2.12. The molecule has 1 rings (SSSR count). The van der Waals surface area contributed by atoms with Crippen molar-refractivity contribution in [3.63, 3.8) is 0 Å². The molecular formula is C13H27N3O7S. The van der Waals surface area contributed by atoms with Gasteiger partial charge < -0.3 is 26.6 Å². The zero-order valence-corrected chi connectivity index (χ0v) is 14.3. The van der Waals surface area contributed by atoms with Gasteiger partial charge in [-0.15, -0.1) is 0 Å². The smallest absolute Gasteiger partial charge is 0.322 e. The molecule has 0 saturated heterocycles. The van der Waals surface area contributed by atoms with Gasteiger partial charge in [-0.05, 0) is 12.8 Å². The van der Waals surface area contributed by atoms with Gasteiger partial charge >= 0.3 is 5.97 Å². The Morgan fingerprint density at radius 2 is 1.79 bits per heavy atom. The molecule has 1 amide bonds. The molecule has 0 heterocycles. The minimum Gasteiger partial charge on any atom is -0.480 e. The van der Waals surface area contributed by atoms with Crippen molar-refractivity contribution in [3.8, 4) is 0 Å². The van der Waals surface area contributed by atoms with Gasteiger partial charge in [0.05, 0.1) is 12.6 Å². The van der Waals surface area contributed by atoms with Gasteiger partial charge in [0, 0.05) is 12.6 Å². The van der Waals surface area contributed by atoms with Crippen molar-refractivity contribution >= 4 is 22.0 Å². The average molecular weight is 369 g/mol. The number of carbonyl (C=O) groups excluding carboxylic acids is 1. The van der Waals surface area contributed by atoms with E-state index in [0.29, 0.717) is 6.04 Å². The number of amides is 1. The standard InChI is InChI=1S/C9H19NO4S.C4H8N2O3/c11-9(7-15(12,13)14)6-10-8-4-2-1-3-5-8;5-1-3(7)6-2-4(8)9/h8-11H,1-7H2,(H,12,13,14);1-2,5H2,(H,6,7)(H,8,9). The number of aliphatic carboxylic acids is 1. The zero-order valence-electron chi connectivity index (χ0n) is 13.5. The Morgan fingerprint density at radius 1 is 1.21 bits per heavy atom. The molecule has 1 atom stereocenters. The normalized spacial score (nSPS) is 16.6. The van der Waals surface area contributed by atoms with E-state index < -0.39 is 33.9 Å². The molecule has 0 spiro atoms. The van der Waals surface area contributed by atoms with Gasteiger partial charge in [0.25, 0.3) is 10.1 Å². The third-order valence-corrected chi connectivity index (χ3v) is 4.08. The molecule has 7 N–H and O–H groups in total. The van der Waals surface area contributed by atoms with E-state index in [-0.39, 0.29) is 19.6 Å². The molecule has 11 heteroatoms. The summed E-state index contributed by atoms with van der Waals surface area (Å²) in [6, 6.07) is 0.384. The number of nitrogens with two attached hydrogens (primary N) is 1. The zero-order chi connectivity index (χ0) is 18.6. The molecule has 1 aliphatic rings. The first-order valence-corrected chi connectivity index (χ1v) is 9.30. The number of carbonyl (C=O) groups is 2. The predicted molar refractivity (Wildman–Crippen MR) is 87.0 cm³/mol. The lowest BCUT2D eigenvalue weighted by Crippen LogP contribution is -2.39. The third kappa shape index (κ3) is 14.3. The van der Waals surface area contributed by atoms with Gasteiger partial charge in [-0.3, -0.25) is 14.1 Å². The maximum Gasteiger partial charge on any atom is 0.322 e. The second kappa shape index (κ2) is 12.1. The fourth-order valence-corrected chi connectivity index (χ4v) is 2.76. The SMILES string of the molecule is NCC(=O)NCC(=O)O.O=S(=O)(O)CC(O)CNC1CCCCC1. The Labute approximate surface area is 141 Å². The van der Waals surface area contributed by atoms with E-state index in [9.17, 15) is 23.1 Å². The van der Waals surface area contributed by atoms with Crippen LogP contribution in [0.4, 0.5) is 0 Å². The van der Waals surface area contributed by atoms with Crippen LogP contribution in [0.1, 0.15) is 32.1 Å². The van der Waals surface area contributed by atoms with Crippen LogP contribution in [0.25, 0.3) is 0 Å². The van der Waals surface area contributed by atoms with Crippen LogP contribution in [0.2, 0.25) is 0 Å². The third-order valence-electron chi connectivity index (χ3n) is 3.27. The van der Waals surface area contributed by atoms with Crippen molar-refractivity contribution in [1.82, 2.24) is 10.6 Å². The maximum absolute atomic E-state index is 10.5. The Kier molecular flexibility index (Phi) is 11.5. The summed E-state index contributed by atoms with van der Waals surface area (Å²) in [6.07, 6.45) is 4.77. The Morgan fingerprint density at radius 3 is 2.25 bits per heavy atom. The molecule has 0 aromatic heterocycles. The second-order valence-electron chi connectivity index (χ2n) is 5.52. The van der Waals surface area contributed by atoms with Gasteiger partial charge in [-0.2, -0.15) is 8.42 Å². The van der Waals surface area contributed by atoms with E-state index in [1.54, 1.807) is 0 Å². The summed E-state index contributed by atoms with van der Waals surface area (Å²) in [4.78, 5) is 20.0. The highest BCUT2D eigenvalue weighted by Crippen LogP contribution is 2.17. The van der Waals surface area contributed by atoms with Crippen molar-refractivity contribution in [3.05, 3.63) is 0 Å². The summed E-state index contributed by atoms with van der Waals surface area (Å²) in [7, 11) is -4.07. The van der Waals surface area contributed by atoms with Crippen molar-refractivity contribution in [2.24, 2.45) is 5.73 Å². The lowest BCUT2D eigenvalue weighted by atomic mass is 9.95. The number of aliphatic hydroxyl groups excluding tert-OH is 1. The van der Waals surface area contributed by atoms with Gasteiger partial charge in [-0.1, -0.05) is 19.3 Å². The summed E-state index contributed by atoms with van der Waals surface area (Å²) in [5, 5.41) is 22.5. The quantitative estimate of drug-likeness (QED) is 0.272. The van der Waals surface area contributed by atoms with Crippen LogP contribution in [0.5, 0.6) is 0 Å². The molecule has 1 saturated carbocycles. The van der Waals surface area contributed by atoms with E-state index in [1.807, 2.05) is 0 Å². The minimum atomic E-state index is -4.07. The van der Waals surface area contributed by atoms with E-state index in [2.05, 4.69) is 10.6 Å². The minimum absolute atomic E-state index is 0.173. The summed E-state index contributed by atoms with van der Waals surface area (Å²) in [5.41, 5.74) is 4.85. The highest BCUT2D eigenvalue weighted by Gasteiger charge is 2.17. The molecule has 1 unspecified atom stereocenters. The lowest BCUT2D eigenvalue weighted by Gasteiger charge is -2.23. The van der Waals surface area contributed by atoms with Crippen LogP contribution in [0.3, 0.4) is 0 Å². The van der Waals surface area contributed by atoms with Gasteiger partial charge in [0.2, 0.25) is 5.91 Å². The number of nitrogens with one attached hydrogen (secondary N) is 2. The highest BCUT2D eigenvalue weighted by atomic mass is 32.2. The number of hydrogen-bond donors (Lipinski definition) is 6. The largest absolute Gasteiger partial charge is 0.480 e. The average Bonchev–Trinajstić information content (AvgIpc) is 2.50. The van der Waals surface area contributed by atoms with E-state index in [4.69, 9.17) is 15.4 Å². The van der Waals surface area contributed by atoms with Crippen LogP contribution in [0, 0.1) is 0 Å². The molecule has 24 heavy (non-hydrogen) atoms. The van der Waals surface area contributed by atoms with E-state index in [1.165, 1.54) is 19.3 Å². The van der Waals surface area contributed by atoms with E-state index >= 15 is 0 Å². The Hall–Kier alpha value is -1.27. The number of rotatable bonds is 8. The van der Waals surface area contributed by atoms with Gasteiger partial charge in [-0.25, -0.2) is 0 Å². The first-order valence-electron chi connectivity index (χ1n) is 7.69. The molecule has 0 radical (unpaired) electrons. The first-order chi connectivity index (χ1) is 11.1. The van der Waals surface area contributed by atoms with Crippen LogP contribution in [-0.2, 0) is 19.7 Å². The first kappa shape index (κ1) is 22.7. The fraction of sp³-hybridized carbons (Fsp3) is 0.846. The maximum atomic E-state index is 10.5. The molecule has 0 aromatic carbocycles. The molecule has 1 fully saturated rings. The topological polar surface area (TPSA) is 179 Å². The predicted octanol–water partition coefficient (Wildman–Crippen LogP) is -1.70. The molecular weight excluding hydrogens is 342 g/mol. The molecule has 0 aliphatic heterocycles. The number of carboxylic acids is 1. The molecule has 1 aliphatic carbocycles. The van der Waals surface area contributed by atoms with Crippen molar-refractivity contribution < 1.29 is 32.8 Å². The van der Waals surface area contributed by atoms with Gasteiger partial charge in [0.15, 0.2) is 0 Å². The lowest BCUT2D eigenvalue weighted by molar-refractivity contribution is -0.137. The van der Waals surface area contributed by atoms with Crippen LogP contribution < -0.4 is 16.4 Å². The number of aliphatic hydroxyl groups is 1. The van der Waals surface area contributed by atoms with Crippen LogP contribution in [0.15, 0.2) is 0 Å². The van der Waals surface area contributed by atoms with E-state index in [0.717, 1.165) is 12.8 Å². The van der Waals surface area contributed by atoms with Gasteiger partial charge in [0.1, 0.15) is 12.3 Å². The summed E-state index contributed by atoms with van der Waals surface area (Å²) in [6.45, 7) is -0.312. The molecule has 0 aromatic rings. The summed E-state index contributed by atoms with van der Waals surface area (Å²) < 4.78 is 29.4. The van der Waals surface area contributed by atoms with Crippen LogP contribution in [-0.4, -0.2) is 72.6 Å². The molecule has 142 valence electrons. The number of hydrogen-bond acceptors (Lipinski definition) is 7. The number of carboxylic acid groups (broad SMARTS) is 1.